The van der Waals surface area contributed by atoms with E-state index in [-0.39, 0.29) is 22.4 Å². The summed E-state index contributed by atoms with van der Waals surface area (Å²) in [5.74, 6) is -1.25. The van der Waals surface area contributed by atoms with Gasteiger partial charge in [0, 0.05) is 5.56 Å². The zero-order valence-electron chi connectivity index (χ0n) is 11.0. The smallest absolute Gasteiger partial charge is 0.335 e. The molecule has 0 unspecified atom stereocenters. The van der Waals surface area contributed by atoms with Gasteiger partial charge in [-0.05, 0) is 36.4 Å². The summed E-state index contributed by atoms with van der Waals surface area (Å²) in [6, 6.07) is 9.92. The first-order valence-corrected chi connectivity index (χ1v) is 6.55. The number of halogens is 2. The van der Waals surface area contributed by atoms with Crippen molar-refractivity contribution in [2.75, 3.05) is 0 Å². The van der Waals surface area contributed by atoms with E-state index >= 15 is 0 Å². The number of rotatable bonds is 3. The Morgan fingerprint density at radius 3 is 2.64 bits per heavy atom. The van der Waals surface area contributed by atoms with E-state index in [0.29, 0.717) is 11.1 Å². The van der Waals surface area contributed by atoms with Crippen molar-refractivity contribution in [1.29, 1.82) is 0 Å². The molecule has 3 aromatic rings. The molecule has 0 aliphatic carbocycles. The van der Waals surface area contributed by atoms with Crippen molar-refractivity contribution in [3.8, 4) is 22.9 Å². The first-order chi connectivity index (χ1) is 10.5. The Morgan fingerprint density at radius 1 is 1.14 bits per heavy atom. The Balaban J connectivity index is 2.00. The van der Waals surface area contributed by atoms with Crippen LogP contribution in [-0.2, 0) is 0 Å². The molecule has 0 fully saturated rings. The van der Waals surface area contributed by atoms with Gasteiger partial charge in [0.15, 0.2) is 0 Å². The van der Waals surface area contributed by atoms with Crippen molar-refractivity contribution >= 4 is 17.6 Å². The quantitative estimate of drug-likeness (QED) is 0.792. The number of aromatic nitrogens is 2. The second kappa shape index (κ2) is 5.57. The summed E-state index contributed by atoms with van der Waals surface area (Å²) in [5, 5.41) is 16.9. The van der Waals surface area contributed by atoms with Crippen LogP contribution >= 0.6 is 11.6 Å². The minimum absolute atomic E-state index is 0.108. The van der Waals surface area contributed by atoms with E-state index in [2.05, 4.69) is 10.2 Å². The number of carboxylic acid groups (broad SMARTS) is 1. The Kier molecular flexibility index (Phi) is 3.60. The van der Waals surface area contributed by atoms with E-state index in [1.807, 2.05) is 0 Å². The third kappa shape index (κ3) is 2.68. The summed E-state index contributed by atoms with van der Waals surface area (Å²) < 4.78 is 18.5. The van der Waals surface area contributed by atoms with Crippen LogP contribution in [-0.4, -0.2) is 21.3 Å². The summed E-state index contributed by atoms with van der Waals surface area (Å²) in [6.07, 6.45) is 0. The number of hydrogen-bond donors (Lipinski definition) is 1. The highest BCUT2D eigenvalue weighted by Gasteiger charge is 2.15. The van der Waals surface area contributed by atoms with Gasteiger partial charge in [-0.1, -0.05) is 17.7 Å². The predicted molar refractivity (Wildman–Crippen MR) is 77.1 cm³/mol. The SMILES string of the molecule is O=C(O)c1cccc(-c2nnc(-c3ccc(F)cc3Cl)o2)c1. The van der Waals surface area contributed by atoms with Gasteiger partial charge in [-0.2, -0.15) is 0 Å². The lowest BCUT2D eigenvalue weighted by molar-refractivity contribution is 0.0697. The lowest BCUT2D eigenvalue weighted by Gasteiger charge is -1.99. The Bertz CT molecular complexity index is 863. The molecule has 5 nitrogen and oxygen atoms in total. The minimum Gasteiger partial charge on any atom is -0.478 e. The largest absolute Gasteiger partial charge is 0.478 e. The fourth-order valence-corrected chi connectivity index (χ4v) is 2.14. The maximum absolute atomic E-state index is 13.0. The van der Waals surface area contributed by atoms with Gasteiger partial charge in [0.1, 0.15) is 5.82 Å². The number of carbonyl (C=O) groups is 1. The predicted octanol–water partition coefficient (Wildman–Crippen LogP) is 3.89. The number of hydrogen-bond acceptors (Lipinski definition) is 4. The van der Waals surface area contributed by atoms with Gasteiger partial charge in [0.25, 0.3) is 0 Å². The van der Waals surface area contributed by atoms with Gasteiger partial charge in [-0.25, -0.2) is 9.18 Å². The molecule has 22 heavy (non-hydrogen) atoms. The van der Waals surface area contributed by atoms with Gasteiger partial charge in [0.2, 0.25) is 11.8 Å². The molecular weight excluding hydrogens is 311 g/mol. The first-order valence-electron chi connectivity index (χ1n) is 6.17. The van der Waals surface area contributed by atoms with Gasteiger partial charge < -0.3 is 9.52 Å². The average molecular weight is 319 g/mol. The van der Waals surface area contributed by atoms with Crippen LogP contribution in [0.4, 0.5) is 4.39 Å². The van der Waals surface area contributed by atoms with Crippen LogP contribution in [0.1, 0.15) is 10.4 Å². The second-order valence-electron chi connectivity index (χ2n) is 4.42. The summed E-state index contributed by atoms with van der Waals surface area (Å²) in [6.45, 7) is 0. The van der Waals surface area contributed by atoms with Gasteiger partial charge in [-0.15, -0.1) is 10.2 Å². The van der Waals surface area contributed by atoms with Crippen LogP contribution in [0.5, 0.6) is 0 Å². The molecule has 2 aromatic carbocycles. The molecule has 110 valence electrons. The highest BCUT2D eigenvalue weighted by Crippen LogP contribution is 2.30. The van der Waals surface area contributed by atoms with Crippen LogP contribution in [0.25, 0.3) is 22.9 Å². The molecule has 0 saturated carbocycles. The second-order valence-corrected chi connectivity index (χ2v) is 4.83. The first kappa shape index (κ1) is 14.2. The average Bonchev–Trinajstić information content (AvgIpc) is 2.97. The van der Waals surface area contributed by atoms with E-state index in [1.165, 1.54) is 24.3 Å². The van der Waals surface area contributed by atoms with Gasteiger partial charge in [-0.3, -0.25) is 0 Å². The lowest BCUT2D eigenvalue weighted by atomic mass is 10.1. The third-order valence-electron chi connectivity index (χ3n) is 2.94. The van der Waals surface area contributed by atoms with Crippen LogP contribution < -0.4 is 0 Å². The van der Waals surface area contributed by atoms with E-state index in [1.54, 1.807) is 12.1 Å². The zero-order chi connectivity index (χ0) is 15.7. The van der Waals surface area contributed by atoms with Crippen molar-refractivity contribution in [2.24, 2.45) is 0 Å². The number of benzene rings is 2. The van der Waals surface area contributed by atoms with Crippen molar-refractivity contribution in [3.05, 3.63) is 58.9 Å². The maximum Gasteiger partial charge on any atom is 0.335 e. The number of carboxylic acids is 1. The molecule has 7 heteroatoms. The van der Waals surface area contributed by atoms with Gasteiger partial charge in [0.05, 0.1) is 16.1 Å². The third-order valence-corrected chi connectivity index (χ3v) is 3.26. The van der Waals surface area contributed by atoms with E-state index < -0.39 is 11.8 Å². The topological polar surface area (TPSA) is 76.2 Å². The summed E-state index contributed by atoms with van der Waals surface area (Å²) in [5.41, 5.74) is 0.977. The van der Waals surface area contributed by atoms with Crippen molar-refractivity contribution < 1.29 is 18.7 Å². The summed E-state index contributed by atoms with van der Waals surface area (Å²) >= 11 is 5.94. The molecule has 1 aromatic heterocycles. The Morgan fingerprint density at radius 2 is 1.91 bits per heavy atom. The highest BCUT2D eigenvalue weighted by molar-refractivity contribution is 6.33. The molecular formula is C15H8ClFN2O3. The minimum atomic E-state index is -1.05. The zero-order valence-corrected chi connectivity index (χ0v) is 11.7. The maximum atomic E-state index is 13.0. The van der Waals surface area contributed by atoms with Crippen molar-refractivity contribution in [2.45, 2.75) is 0 Å². The van der Waals surface area contributed by atoms with Crippen molar-refractivity contribution in [3.63, 3.8) is 0 Å². The molecule has 1 N–H and O–H groups in total. The van der Waals surface area contributed by atoms with Crippen LogP contribution in [0.2, 0.25) is 5.02 Å². The summed E-state index contributed by atoms with van der Waals surface area (Å²) in [7, 11) is 0. The Labute approximate surface area is 129 Å². The van der Waals surface area contributed by atoms with Crippen LogP contribution in [0.3, 0.4) is 0 Å². The highest BCUT2D eigenvalue weighted by atomic mass is 35.5. The lowest BCUT2D eigenvalue weighted by Crippen LogP contribution is -1.95. The molecule has 1 heterocycles. The van der Waals surface area contributed by atoms with E-state index in [4.69, 9.17) is 21.1 Å². The number of aromatic carboxylic acids is 1. The van der Waals surface area contributed by atoms with Crippen LogP contribution in [0.15, 0.2) is 46.9 Å². The fraction of sp³-hybridized carbons (Fsp3) is 0. The van der Waals surface area contributed by atoms with Crippen molar-refractivity contribution in [1.82, 2.24) is 10.2 Å². The van der Waals surface area contributed by atoms with Gasteiger partial charge >= 0.3 is 5.97 Å². The Hall–Kier alpha value is -2.73. The molecule has 0 spiro atoms. The van der Waals surface area contributed by atoms with Crippen LogP contribution in [0, 0.1) is 5.82 Å². The molecule has 0 aliphatic heterocycles. The molecule has 0 atom stereocenters. The standard InChI is InChI=1S/C15H8ClFN2O3/c16-12-7-10(17)4-5-11(12)14-19-18-13(22-14)8-2-1-3-9(6-8)15(20)21/h1-7H,(H,20,21). The molecule has 3 rings (SSSR count). The van der Waals surface area contributed by atoms with E-state index in [0.717, 1.165) is 6.07 Å². The molecule has 0 aliphatic rings. The molecule has 0 bridgehead atoms. The normalized spacial score (nSPS) is 10.6. The summed E-state index contributed by atoms with van der Waals surface area (Å²) in [4.78, 5) is 11.0. The molecule has 0 amide bonds. The molecule has 0 radical (unpaired) electrons. The fourth-order valence-electron chi connectivity index (χ4n) is 1.90. The monoisotopic (exact) mass is 318 g/mol. The molecule has 0 saturated heterocycles. The van der Waals surface area contributed by atoms with E-state index in [9.17, 15) is 9.18 Å². The number of nitrogens with zero attached hydrogens (tertiary/aromatic N) is 2.